The van der Waals surface area contributed by atoms with E-state index in [4.69, 9.17) is 0 Å². The monoisotopic (exact) mass is 241 g/mol. The molecule has 0 aromatic carbocycles. The lowest BCUT2D eigenvalue weighted by Gasteiger charge is -2.29. The molecule has 1 N–H and O–H groups in total. The molecular weight excluding hydrogens is 214 g/mol. The number of nitrogens with zero attached hydrogens (tertiary/aromatic N) is 1. The van der Waals surface area contributed by atoms with Crippen LogP contribution in [0.1, 0.15) is 59.3 Å². The Kier molecular flexibility index (Phi) is 5.44. The highest BCUT2D eigenvalue weighted by Crippen LogP contribution is 2.37. The quantitative estimate of drug-likeness (QED) is 0.744. The molecule has 0 radical (unpaired) electrons. The van der Waals surface area contributed by atoms with E-state index < -0.39 is 11.4 Å². The van der Waals surface area contributed by atoms with Crippen molar-refractivity contribution in [3.05, 3.63) is 0 Å². The van der Waals surface area contributed by atoms with Crippen LogP contribution in [0.25, 0.3) is 0 Å². The molecule has 1 fully saturated rings. The molecule has 2 unspecified atom stereocenters. The molecule has 100 valence electrons. The maximum atomic E-state index is 11.5. The van der Waals surface area contributed by atoms with Crippen LogP contribution in [0.5, 0.6) is 0 Å². The molecule has 1 heterocycles. The second-order valence-corrected chi connectivity index (χ2v) is 5.41. The lowest BCUT2D eigenvalue weighted by molar-refractivity contribution is -0.148. The van der Waals surface area contributed by atoms with Gasteiger partial charge in [-0.25, -0.2) is 0 Å². The Hall–Kier alpha value is -0.570. The van der Waals surface area contributed by atoms with Crippen molar-refractivity contribution in [3.63, 3.8) is 0 Å². The van der Waals surface area contributed by atoms with Gasteiger partial charge in [0, 0.05) is 12.6 Å². The first-order valence-corrected chi connectivity index (χ1v) is 7.07. The zero-order valence-electron chi connectivity index (χ0n) is 11.5. The van der Waals surface area contributed by atoms with Gasteiger partial charge in [0.05, 0.1) is 5.41 Å². The van der Waals surface area contributed by atoms with Crippen molar-refractivity contribution in [2.45, 2.75) is 65.3 Å². The number of hydrogen-bond donors (Lipinski definition) is 1. The molecule has 0 aliphatic carbocycles. The molecular formula is C14H27NO2. The Bertz CT molecular complexity index is 255. The minimum absolute atomic E-state index is 0.462. The van der Waals surface area contributed by atoms with Gasteiger partial charge in [-0.05, 0) is 32.2 Å². The highest BCUT2D eigenvalue weighted by atomic mass is 16.4. The van der Waals surface area contributed by atoms with E-state index in [9.17, 15) is 9.90 Å². The normalized spacial score (nSPS) is 27.2. The summed E-state index contributed by atoms with van der Waals surface area (Å²) in [6.07, 6.45) is 6.12. The molecule has 0 saturated carbocycles. The highest BCUT2D eigenvalue weighted by molar-refractivity contribution is 5.75. The zero-order valence-corrected chi connectivity index (χ0v) is 11.5. The van der Waals surface area contributed by atoms with Crippen molar-refractivity contribution in [3.8, 4) is 0 Å². The van der Waals surface area contributed by atoms with Crippen molar-refractivity contribution in [1.29, 1.82) is 0 Å². The molecule has 17 heavy (non-hydrogen) atoms. The summed E-state index contributed by atoms with van der Waals surface area (Å²) in [4.78, 5) is 13.9. The summed E-state index contributed by atoms with van der Waals surface area (Å²) in [6.45, 7) is 8.21. The summed E-state index contributed by atoms with van der Waals surface area (Å²) in [6, 6.07) is 0.582. The fourth-order valence-electron chi connectivity index (χ4n) is 3.16. The van der Waals surface area contributed by atoms with E-state index in [1.807, 2.05) is 0 Å². The molecule has 0 bridgehead atoms. The number of carboxylic acids is 1. The molecule has 1 aliphatic heterocycles. The average Bonchev–Trinajstić information content (AvgIpc) is 2.72. The van der Waals surface area contributed by atoms with Gasteiger partial charge in [0.15, 0.2) is 0 Å². The van der Waals surface area contributed by atoms with Crippen LogP contribution in [0.2, 0.25) is 0 Å². The predicted octanol–water partition coefficient (Wildman–Crippen LogP) is 3.14. The van der Waals surface area contributed by atoms with E-state index in [2.05, 4.69) is 25.7 Å². The van der Waals surface area contributed by atoms with E-state index in [1.54, 1.807) is 0 Å². The zero-order chi connectivity index (χ0) is 12.9. The number of rotatable bonds is 7. The van der Waals surface area contributed by atoms with Crippen molar-refractivity contribution >= 4 is 5.97 Å². The van der Waals surface area contributed by atoms with Crippen molar-refractivity contribution in [1.82, 2.24) is 4.90 Å². The second-order valence-electron chi connectivity index (χ2n) is 5.41. The van der Waals surface area contributed by atoms with Crippen molar-refractivity contribution < 1.29 is 9.90 Å². The van der Waals surface area contributed by atoms with Gasteiger partial charge in [-0.1, -0.05) is 33.6 Å². The first-order valence-electron chi connectivity index (χ1n) is 7.07. The average molecular weight is 241 g/mol. The third-order valence-electron chi connectivity index (χ3n) is 4.18. The predicted molar refractivity (Wildman–Crippen MR) is 70.2 cm³/mol. The van der Waals surface area contributed by atoms with Crippen LogP contribution in [0.15, 0.2) is 0 Å². The Morgan fingerprint density at radius 1 is 1.35 bits per heavy atom. The fraction of sp³-hybridized carbons (Fsp3) is 0.929. The Morgan fingerprint density at radius 2 is 2.06 bits per heavy atom. The smallest absolute Gasteiger partial charge is 0.310 e. The van der Waals surface area contributed by atoms with Crippen LogP contribution in [0, 0.1) is 5.41 Å². The molecule has 1 aliphatic rings. The van der Waals surface area contributed by atoms with E-state index in [1.165, 1.54) is 12.8 Å². The largest absolute Gasteiger partial charge is 0.481 e. The molecule has 0 spiro atoms. The standard InChI is InChI=1S/C14H27NO2/c1-4-7-12(6-3)15-10-9-14(11-15,8-5-2)13(16)17/h12H,4-11H2,1-3H3,(H,16,17). The lowest BCUT2D eigenvalue weighted by atomic mass is 9.82. The minimum atomic E-state index is -0.590. The lowest BCUT2D eigenvalue weighted by Crippen LogP contribution is -2.38. The van der Waals surface area contributed by atoms with Gasteiger partial charge in [0.1, 0.15) is 0 Å². The summed E-state index contributed by atoms with van der Waals surface area (Å²) in [5, 5.41) is 9.47. The summed E-state index contributed by atoms with van der Waals surface area (Å²) < 4.78 is 0. The Balaban J connectivity index is 2.68. The van der Waals surface area contributed by atoms with E-state index in [0.717, 1.165) is 38.8 Å². The summed E-state index contributed by atoms with van der Waals surface area (Å²) in [5.41, 5.74) is -0.462. The van der Waals surface area contributed by atoms with Crippen molar-refractivity contribution in [2.24, 2.45) is 5.41 Å². The molecule has 2 atom stereocenters. The van der Waals surface area contributed by atoms with Crippen molar-refractivity contribution in [2.75, 3.05) is 13.1 Å². The van der Waals surface area contributed by atoms with Gasteiger partial charge in [-0.3, -0.25) is 9.69 Å². The maximum absolute atomic E-state index is 11.5. The number of carboxylic acid groups (broad SMARTS) is 1. The van der Waals surface area contributed by atoms with Gasteiger partial charge in [0.2, 0.25) is 0 Å². The number of hydrogen-bond acceptors (Lipinski definition) is 2. The fourth-order valence-corrected chi connectivity index (χ4v) is 3.16. The molecule has 0 aromatic heterocycles. The van der Waals surface area contributed by atoms with Crippen LogP contribution in [-0.2, 0) is 4.79 Å². The molecule has 1 rings (SSSR count). The Morgan fingerprint density at radius 3 is 2.53 bits per heavy atom. The molecule has 1 saturated heterocycles. The van der Waals surface area contributed by atoms with Gasteiger partial charge in [0.25, 0.3) is 0 Å². The van der Waals surface area contributed by atoms with Gasteiger partial charge in [-0.15, -0.1) is 0 Å². The summed E-state index contributed by atoms with van der Waals surface area (Å²) >= 11 is 0. The number of likely N-dealkylation sites (tertiary alicyclic amines) is 1. The van der Waals surface area contributed by atoms with Crippen LogP contribution in [-0.4, -0.2) is 35.1 Å². The summed E-state index contributed by atoms with van der Waals surface area (Å²) in [7, 11) is 0. The first kappa shape index (κ1) is 14.5. The third kappa shape index (κ3) is 3.21. The number of carbonyl (C=O) groups is 1. The SMILES string of the molecule is CCCC(CC)N1CCC(CCC)(C(=O)O)C1. The first-order chi connectivity index (χ1) is 8.09. The molecule has 3 heteroatoms. The molecule has 0 amide bonds. The Labute approximate surface area is 105 Å². The summed E-state index contributed by atoms with van der Waals surface area (Å²) in [5.74, 6) is -0.590. The topological polar surface area (TPSA) is 40.5 Å². The molecule has 3 nitrogen and oxygen atoms in total. The third-order valence-corrected chi connectivity index (χ3v) is 4.18. The second kappa shape index (κ2) is 6.39. The van der Waals surface area contributed by atoms with Gasteiger partial charge < -0.3 is 5.11 Å². The van der Waals surface area contributed by atoms with E-state index in [0.29, 0.717) is 6.04 Å². The van der Waals surface area contributed by atoms with Crippen LogP contribution in [0.3, 0.4) is 0 Å². The van der Waals surface area contributed by atoms with Crippen LogP contribution in [0.4, 0.5) is 0 Å². The minimum Gasteiger partial charge on any atom is -0.481 e. The van der Waals surface area contributed by atoms with Gasteiger partial charge >= 0.3 is 5.97 Å². The van der Waals surface area contributed by atoms with Crippen LogP contribution >= 0.6 is 0 Å². The number of aliphatic carboxylic acids is 1. The highest BCUT2D eigenvalue weighted by Gasteiger charge is 2.45. The van der Waals surface area contributed by atoms with Crippen LogP contribution < -0.4 is 0 Å². The van der Waals surface area contributed by atoms with Gasteiger partial charge in [-0.2, -0.15) is 0 Å². The van der Waals surface area contributed by atoms with E-state index >= 15 is 0 Å². The molecule has 0 aromatic rings. The van der Waals surface area contributed by atoms with E-state index in [-0.39, 0.29) is 0 Å². The maximum Gasteiger partial charge on any atom is 0.310 e.